The van der Waals surface area contributed by atoms with E-state index in [0.717, 1.165) is 29.7 Å². The van der Waals surface area contributed by atoms with E-state index in [1.807, 2.05) is 29.9 Å². The second-order valence-corrected chi connectivity index (χ2v) is 6.70. The Hall–Kier alpha value is -3.34. The van der Waals surface area contributed by atoms with Crippen molar-refractivity contribution in [2.24, 2.45) is 13.0 Å². The van der Waals surface area contributed by atoms with Gasteiger partial charge in [-0.2, -0.15) is 10.1 Å². The van der Waals surface area contributed by atoms with Crippen LogP contribution in [0.2, 0.25) is 0 Å². The average Bonchev–Trinajstić information content (AvgIpc) is 3.34. The molecule has 138 valence electrons. The topological polar surface area (TPSA) is 77.6 Å². The van der Waals surface area contributed by atoms with Gasteiger partial charge in [0.2, 0.25) is 0 Å². The summed E-state index contributed by atoms with van der Waals surface area (Å²) in [6.45, 7) is 1.78. The van der Waals surface area contributed by atoms with Crippen LogP contribution in [0, 0.1) is 18.3 Å². The molecular formula is C19H20N6O2. The van der Waals surface area contributed by atoms with Gasteiger partial charge >= 0.3 is 6.01 Å². The molecule has 1 aliphatic rings. The number of terminal acetylenes is 1. The van der Waals surface area contributed by atoms with E-state index in [0.29, 0.717) is 25.7 Å². The van der Waals surface area contributed by atoms with E-state index in [1.54, 1.807) is 22.0 Å². The first kappa shape index (κ1) is 17.1. The molecule has 0 saturated carbocycles. The maximum absolute atomic E-state index is 11.7. The largest absolute Gasteiger partial charge is 0.464 e. The Morgan fingerprint density at radius 1 is 1.48 bits per heavy atom. The lowest BCUT2D eigenvalue weighted by atomic mass is 9.99. The van der Waals surface area contributed by atoms with Crippen molar-refractivity contribution in [2.45, 2.75) is 12.8 Å². The second kappa shape index (κ2) is 7.11. The molecule has 0 radical (unpaired) electrons. The Labute approximate surface area is 156 Å². The second-order valence-electron chi connectivity index (χ2n) is 6.70. The maximum Gasteiger partial charge on any atom is 0.302 e. The van der Waals surface area contributed by atoms with Gasteiger partial charge in [-0.3, -0.25) is 13.9 Å². The maximum atomic E-state index is 11.7. The van der Waals surface area contributed by atoms with Crippen molar-refractivity contribution >= 4 is 11.6 Å². The molecule has 1 amide bonds. The molecule has 0 bridgehead atoms. The third kappa shape index (κ3) is 3.49. The molecule has 0 unspecified atom stereocenters. The molecule has 1 fully saturated rings. The lowest BCUT2D eigenvalue weighted by Gasteiger charge is -2.31. The highest BCUT2D eigenvalue weighted by atomic mass is 16.5. The normalized spacial score (nSPS) is 17.0. The number of hydrogen-bond donors (Lipinski definition) is 0. The zero-order valence-electron chi connectivity index (χ0n) is 15.1. The number of piperidine rings is 1. The van der Waals surface area contributed by atoms with Crippen molar-refractivity contribution < 1.29 is 9.53 Å². The summed E-state index contributed by atoms with van der Waals surface area (Å²) in [6.07, 6.45) is 14.3. The molecule has 0 aliphatic carbocycles. The van der Waals surface area contributed by atoms with Gasteiger partial charge in [-0.15, -0.1) is 6.42 Å². The molecular weight excluding hydrogens is 344 g/mol. The van der Waals surface area contributed by atoms with Crippen molar-refractivity contribution in [3.63, 3.8) is 0 Å². The third-order valence-corrected chi connectivity index (χ3v) is 4.74. The third-order valence-electron chi connectivity index (χ3n) is 4.74. The molecule has 4 heterocycles. The summed E-state index contributed by atoms with van der Waals surface area (Å²) in [5.41, 5.74) is 2.41. The SMILES string of the molecule is C#CC(=O)N1CCC[C@H](COc2nc(-c3cnn(C)c3)cc3nccn23)C1. The van der Waals surface area contributed by atoms with E-state index in [4.69, 9.17) is 11.2 Å². The van der Waals surface area contributed by atoms with E-state index in [9.17, 15) is 4.79 Å². The average molecular weight is 364 g/mol. The Bertz CT molecular complexity index is 1010. The highest BCUT2D eigenvalue weighted by molar-refractivity contribution is 5.92. The molecule has 1 atom stereocenters. The predicted octanol–water partition coefficient (Wildman–Crippen LogP) is 1.38. The summed E-state index contributed by atoms with van der Waals surface area (Å²) < 4.78 is 9.58. The molecule has 8 heteroatoms. The Morgan fingerprint density at radius 2 is 2.37 bits per heavy atom. The summed E-state index contributed by atoms with van der Waals surface area (Å²) in [5, 5.41) is 4.20. The molecule has 0 spiro atoms. The van der Waals surface area contributed by atoms with Crippen LogP contribution in [0.4, 0.5) is 0 Å². The molecule has 4 rings (SSSR count). The molecule has 0 aromatic carbocycles. The summed E-state index contributed by atoms with van der Waals surface area (Å²) in [7, 11) is 1.86. The van der Waals surface area contributed by atoms with E-state index in [-0.39, 0.29) is 11.8 Å². The summed E-state index contributed by atoms with van der Waals surface area (Å²) >= 11 is 0. The Morgan fingerprint density at radius 3 is 3.15 bits per heavy atom. The number of aromatic nitrogens is 5. The standard InChI is InChI=1S/C19H20N6O2/c1-3-18(26)24-7-4-5-14(11-24)13-27-19-22-16(15-10-21-23(2)12-15)9-17-20-6-8-25(17)19/h1,6,8-10,12,14H,4-5,7,11,13H2,2H3/t14-/m0/s1. The number of likely N-dealkylation sites (tertiary alicyclic amines) is 1. The van der Waals surface area contributed by atoms with Gasteiger partial charge in [-0.25, -0.2) is 4.98 Å². The van der Waals surface area contributed by atoms with Crippen LogP contribution in [0.25, 0.3) is 16.9 Å². The zero-order chi connectivity index (χ0) is 18.8. The predicted molar refractivity (Wildman–Crippen MR) is 98.8 cm³/mol. The number of imidazole rings is 1. The van der Waals surface area contributed by atoms with Crippen LogP contribution in [-0.4, -0.2) is 54.7 Å². The molecule has 0 N–H and O–H groups in total. The Kier molecular flexibility index (Phi) is 4.50. The summed E-state index contributed by atoms with van der Waals surface area (Å²) in [6, 6.07) is 2.38. The minimum atomic E-state index is -0.256. The quantitative estimate of drug-likeness (QED) is 0.654. The van der Waals surface area contributed by atoms with Gasteiger partial charge in [0.05, 0.1) is 18.5 Å². The first-order valence-electron chi connectivity index (χ1n) is 8.85. The minimum Gasteiger partial charge on any atom is -0.464 e. The highest BCUT2D eigenvalue weighted by Gasteiger charge is 2.23. The minimum absolute atomic E-state index is 0.221. The molecule has 3 aromatic heterocycles. The van der Waals surface area contributed by atoms with Gasteiger partial charge in [0, 0.05) is 56.3 Å². The molecule has 1 aliphatic heterocycles. The van der Waals surface area contributed by atoms with Gasteiger partial charge in [0.25, 0.3) is 5.91 Å². The molecule has 1 saturated heterocycles. The number of hydrogen-bond acceptors (Lipinski definition) is 5. The van der Waals surface area contributed by atoms with E-state index < -0.39 is 0 Å². The number of aryl methyl sites for hydroxylation is 1. The number of nitrogens with zero attached hydrogens (tertiary/aromatic N) is 6. The lowest BCUT2D eigenvalue weighted by Crippen LogP contribution is -2.41. The van der Waals surface area contributed by atoms with Crippen molar-refractivity contribution in [2.75, 3.05) is 19.7 Å². The monoisotopic (exact) mass is 364 g/mol. The van der Waals surface area contributed by atoms with E-state index >= 15 is 0 Å². The van der Waals surface area contributed by atoms with Crippen LogP contribution >= 0.6 is 0 Å². The first-order chi connectivity index (χ1) is 13.1. The summed E-state index contributed by atoms with van der Waals surface area (Å²) in [4.78, 5) is 22.5. The van der Waals surface area contributed by atoms with Gasteiger partial charge in [0.15, 0.2) is 0 Å². The number of carbonyl (C=O) groups excluding carboxylic acids is 1. The number of ether oxygens (including phenoxy) is 1. The Balaban J connectivity index is 1.54. The van der Waals surface area contributed by atoms with Crippen molar-refractivity contribution in [3.8, 4) is 29.6 Å². The fraction of sp³-hybridized carbons (Fsp3) is 0.368. The lowest BCUT2D eigenvalue weighted by molar-refractivity contribution is -0.127. The number of rotatable bonds is 4. The van der Waals surface area contributed by atoms with Crippen LogP contribution in [0.1, 0.15) is 12.8 Å². The van der Waals surface area contributed by atoms with Crippen LogP contribution in [0.15, 0.2) is 30.9 Å². The van der Waals surface area contributed by atoms with Crippen LogP contribution in [-0.2, 0) is 11.8 Å². The zero-order valence-corrected chi connectivity index (χ0v) is 15.1. The summed E-state index contributed by atoms with van der Waals surface area (Å²) in [5.74, 6) is 2.16. The number of fused-ring (bicyclic) bond motifs is 1. The van der Waals surface area contributed by atoms with Crippen molar-refractivity contribution in [1.29, 1.82) is 0 Å². The van der Waals surface area contributed by atoms with Gasteiger partial charge in [-0.05, 0) is 18.8 Å². The van der Waals surface area contributed by atoms with Gasteiger partial charge in [-0.1, -0.05) is 0 Å². The fourth-order valence-electron chi connectivity index (χ4n) is 3.37. The van der Waals surface area contributed by atoms with E-state index in [2.05, 4.69) is 21.0 Å². The van der Waals surface area contributed by atoms with Crippen LogP contribution in [0.5, 0.6) is 6.01 Å². The van der Waals surface area contributed by atoms with Crippen LogP contribution < -0.4 is 4.74 Å². The molecule has 27 heavy (non-hydrogen) atoms. The number of carbonyl (C=O) groups is 1. The van der Waals surface area contributed by atoms with Gasteiger partial charge < -0.3 is 9.64 Å². The van der Waals surface area contributed by atoms with Crippen molar-refractivity contribution in [1.82, 2.24) is 29.0 Å². The first-order valence-corrected chi connectivity index (χ1v) is 8.85. The number of amides is 1. The smallest absolute Gasteiger partial charge is 0.302 e. The molecule has 3 aromatic rings. The van der Waals surface area contributed by atoms with Crippen LogP contribution in [0.3, 0.4) is 0 Å². The van der Waals surface area contributed by atoms with E-state index in [1.165, 1.54) is 0 Å². The van der Waals surface area contributed by atoms with Crippen molar-refractivity contribution in [3.05, 3.63) is 30.9 Å². The van der Waals surface area contributed by atoms with Gasteiger partial charge in [0.1, 0.15) is 5.65 Å². The molecule has 8 nitrogen and oxygen atoms in total. The highest BCUT2D eigenvalue weighted by Crippen LogP contribution is 2.23. The fourth-order valence-corrected chi connectivity index (χ4v) is 3.37.